The number of nitrogens with zero attached hydrogens (tertiary/aromatic N) is 1. The highest BCUT2D eigenvalue weighted by Gasteiger charge is 2.26. The van der Waals surface area contributed by atoms with Crippen LogP contribution < -0.4 is 0 Å². The maximum Gasteiger partial charge on any atom is 0.327 e. The van der Waals surface area contributed by atoms with E-state index in [4.69, 9.17) is 0 Å². The summed E-state index contributed by atoms with van der Waals surface area (Å²) in [5.41, 5.74) is 0.755. The SMILES string of the molecule is CCCCN(CC)C(C(=O)O)c1ccc[nH]1. The number of aliphatic carboxylic acids is 1. The fraction of sp³-hybridized carbons (Fsp3) is 0.583. The van der Waals surface area contributed by atoms with E-state index in [9.17, 15) is 9.90 Å². The highest BCUT2D eigenvalue weighted by atomic mass is 16.4. The monoisotopic (exact) mass is 224 g/mol. The van der Waals surface area contributed by atoms with E-state index in [0.717, 1.165) is 31.6 Å². The van der Waals surface area contributed by atoms with Crippen molar-refractivity contribution >= 4 is 5.97 Å². The molecule has 4 heteroatoms. The van der Waals surface area contributed by atoms with Crippen LogP contribution in [0.25, 0.3) is 0 Å². The van der Waals surface area contributed by atoms with Gasteiger partial charge in [-0.05, 0) is 31.6 Å². The van der Waals surface area contributed by atoms with Gasteiger partial charge in [0.15, 0.2) is 0 Å². The summed E-state index contributed by atoms with van der Waals surface area (Å²) < 4.78 is 0. The Bertz CT molecular complexity index is 309. The highest BCUT2D eigenvalue weighted by molar-refractivity contribution is 5.74. The third-order valence-corrected chi connectivity index (χ3v) is 2.72. The second-order valence-electron chi connectivity index (χ2n) is 3.85. The molecule has 0 fully saturated rings. The second-order valence-corrected chi connectivity index (χ2v) is 3.85. The lowest BCUT2D eigenvalue weighted by Crippen LogP contribution is -2.35. The lowest BCUT2D eigenvalue weighted by atomic mass is 10.1. The Labute approximate surface area is 96.3 Å². The van der Waals surface area contributed by atoms with Gasteiger partial charge in [0.05, 0.1) is 0 Å². The molecular weight excluding hydrogens is 204 g/mol. The van der Waals surface area contributed by atoms with Crippen LogP contribution in [0.4, 0.5) is 0 Å². The zero-order valence-corrected chi connectivity index (χ0v) is 9.94. The van der Waals surface area contributed by atoms with Crippen molar-refractivity contribution in [2.45, 2.75) is 32.7 Å². The maximum absolute atomic E-state index is 11.3. The number of aromatic nitrogens is 1. The zero-order valence-electron chi connectivity index (χ0n) is 9.94. The Balaban J connectivity index is 2.79. The molecule has 0 aromatic carbocycles. The Morgan fingerprint density at radius 2 is 2.31 bits per heavy atom. The van der Waals surface area contributed by atoms with Crippen molar-refractivity contribution in [3.05, 3.63) is 24.0 Å². The molecule has 1 aromatic heterocycles. The van der Waals surface area contributed by atoms with Gasteiger partial charge < -0.3 is 10.1 Å². The summed E-state index contributed by atoms with van der Waals surface area (Å²) in [6.07, 6.45) is 3.87. The molecule has 1 unspecified atom stereocenters. The predicted octanol–water partition coefficient (Wildman–Crippen LogP) is 2.26. The molecule has 1 rings (SSSR count). The molecule has 0 spiro atoms. The number of carboxylic acid groups (broad SMARTS) is 1. The summed E-state index contributed by atoms with van der Waals surface area (Å²) in [5.74, 6) is -0.791. The molecule has 2 N–H and O–H groups in total. The van der Waals surface area contributed by atoms with Crippen molar-refractivity contribution in [1.82, 2.24) is 9.88 Å². The van der Waals surface area contributed by atoms with E-state index in [2.05, 4.69) is 11.9 Å². The van der Waals surface area contributed by atoms with Gasteiger partial charge in [-0.3, -0.25) is 9.69 Å². The standard InChI is InChI=1S/C12H20N2O2/c1-3-5-9-14(4-2)11(12(15)16)10-7-6-8-13-10/h6-8,11,13H,3-5,9H2,1-2H3,(H,15,16). The number of carboxylic acids is 1. The molecular formula is C12H20N2O2. The van der Waals surface area contributed by atoms with Crippen molar-refractivity contribution in [2.24, 2.45) is 0 Å². The smallest absolute Gasteiger partial charge is 0.327 e. The fourth-order valence-electron chi connectivity index (χ4n) is 1.83. The first kappa shape index (κ1) is 12.8. The number of nitrogens with one attached hydrogen (secondary N) is 1. The van der Waals surface area contributed by atoms with Crippen LogP contribution in [0.3, 0.4) is 0 Å². The minimum Gasteiger partial charge on any atom is -0.480 e. The van der Waals surface area contributed by atoms with Crippen LogP contribution in [0, 0.1) is 0 Å². The fourth-order valence-corrected chi connectivity index (χ4v) is 1.83. The van der Waals surface area contributed by atoms with Crippen molar-refractivity contribution in [3.8, 4) is 0 Å². The third kappa shape index (κ3) is 3.10. The van der Waals surface area contributed by atoms with E-state index in [-0.39, 0.29) is 0 Å². The van der Waals surface area contributed by atoms with Crippen molar-refractivity contribution < 1.29 is 9.90 Å². The predicted molar refractivity (Wildman–Crippen MR) is 63.3 cm³/mol. The van der Waals surface area contributed by atoms with Crippen LogP contribution in [-0.4, -0.2) is 34.0 Å². The van der Waals surface area contributed by atoms with Crippen LogP contribution in [0.1, 0.15) is 38.4 Å². The summed E-state index contributed by atoms with van der Waals surface area (Å²) in [4.78, 5) is 16.3. The summed E-state index contributed by atoms with van der Waals surface area (Å²) in [5, 5.41) is 9.28. The van der Waals surface area contributed by atoms with Gasteiger partial charge in [0, 0.05) is 11.9 Å². The van der Waals surface area contributed by atoms with E-state index >= 15 is 0 Å². The lowest BCUT2D eigenvalue weighted by molar-refractivity contribution is -0.143. The maximum atomic E-state index is 11.3. The van der Waals surface area contributed by atoms with Crippen LogP contribution >= 0.6 is 0 Å². The normalized spacial score (nSPS) is 12.9. The molecule has 0 amide bonds. The highest BCUT2D eigenvalue weighted by Crippen LogP contribution is 2.19. The number of aromatic amines is 1. The minimum absolute atomic E-state index is 0.549. The first-order valence-corrected chi connectivity index (χ1v) is 5.80. The number of hydrogen-bond acceptors (Lipinski definition) is 2. The molecule has 90 valence electrons. The Hall–Kier alpha value is -1.29. The molecule has 0 saturated carbocycles. The van der Waals surface area contributed by atoms with E-state index in [1.807, 2.05) is 24.0 Å². The molecule has 0 aliphatic rings. The van der Waals surface area contributed by atoms with Gasteiger partial charge in [-0.15, -0.1) is 0 Å². The molecule has 0 aliphatic heterocycles. The van der Waals surface area contributed by atoms with E-state index in [0.29, 0.717) is 0 Å². The average Bonchev–Trinajstić information content (AvgIpc) is 2.76. The lowest BCUT2D eigenvalue weighted by Gasteiger charge is -2.26. The number of rotatable bonds is 7. The third-order valence-electron chi connectivity index (χ3n) is 2.72. The summed E-state index contributed by atoms with van der Waals surface area (Å²) >= 11 is 0. The molecule has 0 bridgehead atoms. The van der Waals surface area contributed by atoms with Gasteiger partial charge >= 0.3 is 5.97 Å². The van der Waals surface area contributed by atoms with E-state index in [1.54, 1.807) is 6.20 Å². The Morgan fingerprint density at radius 3 is 2.75 bits per heavy atom. The van der Waals surface area contributed by atoms with Gasteiger partial charge in [-0.2, -0.15) is 0 Å². The number of likely N-dealkylation sites (N-methyl/N-ethyl adjacent to an activating group) is 1. The summed E-state index contributed by atoms with van der Waals surface area (Å²) in [6.45, 7) is 5.67. The van der Waals surface area contributed by atoms with E-state index < -0.39 is 12.0 Å². The molecule has 1 aromatic rings. The van der Waals surface area contributed by atoms with Gasteiger partial charge in [0.25, 0.3) is 0 Å². The Morgan fingerprint density at radius 1 is 1.56 bits per heavy atom. The first-order valence-electron chi connectivity index (χ1n) is 5.80. The van der Waals surface area contributed by atoms with Gasteiger partial charge in [-0.25, -0.2) is 0 Å². The topological polar surface area (TPSA) is 56.3 Å². The number of H-pyrrole nitrogens is 1. The number of carbonyl (C=O) groups is 1. The molecule has 16 heavy (non-hydrogen) atoms. The largest absolute Gasteiger partial charge is 0.480 e. The van der Waals surface area contributed by atoms with Crippen molar-refractivity contribution in [1.29, 1.82) is 0 Å². The first-order chi connectivity index (χ1) is 7.70. The van der Waals surface area contributed by atoms with Crippen LogP contribution in [-0.2, 0) is 4.79 Å². The van der Waals surface area contributed by atoms with Crippen molar-refractivity contribution in [3.63, 3.8) is 0 Å². The van der Waals surface area contributed by atoms with Gasteiger partial charge in [0.1, 0.15) is 6.04 Å². The van der Waals surface area contributed by atoms with Crippen LogP contribution in [0.5, 0.6) is 0 Å². The minimum atomic E-state index is -0.791. The van der Waals surface area contributed by atoms with Crippen LogP contribution in [0.2, 0.25) is 0 Å². The molecule has 1 atom stereocenters. The summed E-state index contributed by atoms with van der Waals surface area (Å²) in [7, 11) is 0. The Kier molecular flexibility index (Phi) is 5.05. The van der Waals surface area contributed by atoms with Crippen molar-refractivity contribution in [2.75, 3.05) is 13.1 Å². The van der Waals surface area contributed by atoms with Gasteiger partial charge in [-0.1, -0.05) is 20.3 Å². The number of unbranched alkanes of at least 4 members (excludes halogenated alkanes) is 1. The van der Waals surface area contributed by atoms with Crippen LogP contribution in [0.15, 0.2) is 18.3 Å². The molecule has 1 heterocycles. The quantitative estimate of drug-likeness (QED) is 0.747. The second kappa shape index (κ2) is 6.33. The number of hydrogen-bond donors (Lipinski definition) is 2. The van der Waals surface area contributed by atoms with Gasteiger partial charge in [0.2, 0.25) is 0 Å². The molecule has 0 radical (unpaired) electrons. The average molecular weight is 224 g/mol. The zero-order chi connectivity index (χ0) is 12.0. The van der Waals surface area contributed by atoms with E-state index in [1.165, 1.54) is 0 Å². The summed E-state index contributed by atoms with van der Waals surface area (Å²) in [6, 6.07) is 3.11. The molecule has 4 nitrogen and oxygen atoms in total. The molecule has 0 aliphatic carbocycles. The molecule has 0 saturated heterocycles.